The van der Waals surface area contributed by atoms with Gasteiger partial charge in [-0.3, -0.25) is 0 Å². The lowest BCUT2D eigenvalue weighted by atomic mass is 9.87. The van der Waals surface area contributed by atoms with Crippen molar-refractivity contribution in [2.45, 2.75) is 52.1 Å². The van der Waals surface area contributed by atoms with E-state index in [0.29, 0.717) is 12.0 Å². The fourth-order valence-corrected chi connectivity index (χ4v) is 4.14. The maximum Gasteiger partial charge on any atom is 0.194 e. The Hall–Kier alpha value is -1.63. The number of aryl methyl sites for hydroxylation is 1. The topological polar surface area (TPSA) is 67.6 Å². The van der Waals surface area contributed by atoms with Crippen LogP contribution in [0.2, 0.25) is 0 Å². The van der Waals surface area contributed by atoms with Crippen LogP contribution in [0.1, 0.15) is 44.3 Å². The number of likely N-dealkylation sites (tertiary alicyclic amines) is 1. The van der Waals surface area contributed by atoms with Gasteiger partial charge >= 0.3 is 0 Å². The first kappa shape index (κ1) is 15.9. The summed E-state index contributed by atoms with van der Waals surface area (Å²) in [6.07, 6.45) is 5.88. The highest BCUT2D eigenvalue weighted by atomic mass is 16.5. The summed E-state index contributed by atoms with van der Waals surface area (Å²) in [5, 5.41) is 12.1. The van der Waals surface area contributed by atoms with Crippen LogP contribution in [0.3, 0.4) is 0 Å². The number of rotatable bonds is 3. The third-order valence-electron chi connectivity index (χ3n) is 5.56. The van der Waals surface area contributed by atoms with E-state index in [2.05, 4.69) is 31.9 Å². The van der Waals surface area contributed by atoms with Gasteiger partial charge in [-0.15, -0.1) is 10.2 Å². The Labute approximate surface area is 143 Å². The molecule has 0 amide bonds. The van der Waals surface area contributed by atoms with Crippen LogP contribution in [-0.4, -0.2) is 58.5 Å². The van der Waals surface area contributed by atoms with Gasteiger partial charge in [0.15, 0.2) is 11.8 Å². The SMILES string of the molecule is CCNC(=NCc1nnc2n1CCCC2)N1CCC2(CCOC2)C1. The monoisotopic (exact) mass is 332 g/mol. The van der Waals surface area contributed by atoms with Crippen LogP contribution < -0.4 is 5.32 Å². The first-order chi connectivity index (χ1) is 11.8. The minimum Gasteiger partial charge on any atom is -0.381 e. The highest BCUT2D eigenvalue weighted by molar-refractivity contribution is 5.80. The number of hydrogen-bond acceptors (Lipinski definition) is 4. The molecule has 1 aromatic heterocycles. The Morgan fingerprint density at radius 1 is 1.29 bits per heavy atom. The summed E-state index contributed by atoms with van der Waals surface area (Å²) in [5.74, 6) is 3.13. The fourth-order valence-electron chi connectivity index (χ4n) is 4.14. The van der Waals surface area contributed by atoms with Crippen LogP contribution >= 0.6 is 0 Å². The molecule has 4 rings (SSSR count). The van der Waals surface area contributed by atoms with E-state index in [1.165, 1.54) is 25.7 Å². The fraction of sp³-hybridized carbons (Fsp3) is 0.824. The average Bonchev–Trinajstić information content (AvgIpc) is 3.33. The van der Waals surface area contributed by atoms with Gasteiger partial charge in [0.2, 0.25) is 0 Å². The Morgan fingerprint density at radius 3 is 3.08 bits per heavy atom. The summed E-state index contributed by atoms with van der Waals surface area (Å²) >= 11 is 0. The zero-order valence-corrected chi connectivity index (χ0v) is 14.6. The van der Waals surface area contributed by atoms with Crippen LogP contribution in [0.15, 0.2) is 4.99 Å². The number of ether oxygens (including phenoxy) is 1. The van der Waals surface area contributed by atoms with E-state index in [-0.39, 0.29) is 0 Å². The van der Waals surface area contributed by atoms with Gasteiger partial charge in [0, 0.05) is 44.6 Å². The predicted octanol–water partition coefficient (Wildman–Crippen LogP) is 1.19. The number of aromatic nitrogens is 3. The lowest BCUT2D eigenvalue weighted by Crippen LogP contribution is -2.41. The molecule has 1 unspecified atom stereocenters. The van der Waals surface area contributed by atoms with Crippen molar-refractivity contribution < 1.29 is 4.74 Å². The van der Waals surface area contributed by atoms with Gasteiger partial charge in [0.25, 0.3) is 0 Å². The Morgan fingerprint density at radius 2 is 2.25 bits per heavy atom. The number of nitrogens with zero attached hydrogens (tertiary/aromatic N) is 5. The predicted molar refractivity (Wildman–Crippen MR) is 91.8 cm³/mol. The van der Waals surface area contributed by atoms with Crippen molar-refractivity contribution in [2.75, 3.05) is 32.8 Å². The molecule has 1 aromatic rings. The van der Waals surface area contributed by atoms with Crippen LogP contribution in [0.25, 0.3) is 0 Å². The van der Waals surface area contributed by atoms with Crippen molar-refractivity contribution in [3.63, 3.8) is 0 Å². The van der Waals surface area contributed by atoms with Crippen molar-refractivity contribution in [1.29, 1.82) is 0 Å². The summed E-state index contributed by atoms with van der Waals surface area (Å²) in [6, 6.07) is 0. The molecular weight excluding hydrogens is 304 g/mol. The van der Waals surface area contributed by atoms with Crippen molar-refractivity contribution in [3.05, 3.63) is 11.6 Å². The lowest BCUT2D eigenvalue weighted by molar-refractivity contribution is 0.156. The van der Waals surface area contributed by atoms with E-state index in [9.17, 15) is 0 Å². The lowest BCUT2D eigenvalue weighted by Gasteiger charge is -2.25. The van der Waals surface area contributed by atoms with Gasteiger partial charge in [-0.25, -0.2) is 4.99 Å². The summed E-state index contributed by atoms with van der Waals surface area (Å²) in [7, 11) is 0. The van der Waals surface area contributed by atoms with Crippen molar-refractivity contribution in [2.24, 2.45) is 10.4 Å². The zero-order valence-electron chi connectivity index (χ0n) is 14.6. The normalized spacial score (nSPS) is 27.0. The van der Waals surface area contributed by atoms with Gasteiger partial charge in [-0.05, 0) is 32.6 Å². The van der Waals surface area contributed by atoms with Gasteiger partial charge in [-0.1, -0.05) is 0 Å². The molecule has 1 spiro atoms. The molecule has 2 saturated heterocycles. The molecule has 24 heavy (non-hydrogen) atoms. The number of guanidine groups is 1. The maximum absolute atomic E-state index is 5.64. The van der Waals surface area contributed by atoms with E-state index in [1.54, 1.807) is 0 Å². The number of aliphatic imine (C=N–C) groups is 1. The van der Waals surface area contributed by atoms with Gasteiger partial charge in [0.1, 0.15) is 12.4 Å². The molecule has 2 fully saturated rings. The van der Waals surface area contributed by atoms with Crippen molar-refractivity contribution in [3.8, 4) is 0 Å². The summed E-state index contributed by atoms with van der Waals surface area (Å²) in [6.45, 7) is 8.58. The molecule has 1 N–H and O–H groups in total. The summed E-state index contributed by atoms with van der Waals surface area (Å²) in [4.78, 5) is 7.26. The second kappa shape index (κ2) is 6.70. The van der Waals surface area contributed by atoms with Crippen LogP contribution in [-0.2, 0) is 24.2 Å². The molecule has 0 bridgehead atoms. The molecule has 1 atom stereocenters. The number of fused-ring (bicyclic) bond motifs is 1. The van der Waals surface area contributed by atoms with E-state index >= 15 is 0 Å². The molecule has 4 heterocycles. The minimum absolute atomic E-state index is 0.351. The smallest absolute Gasteiger partial charge is 0.194 e. The first-order valence-corrected chi connectivity index (χ1v) is 9.32. The Bertz CT molecular complexity index is 604. The molecule has 0 saturated carbocycles. The Balaban J connectivity index is 1.47. The van der Waals surface area contributed by atoms with Gasteiger partial charge in [0.05, 0.1) is 6.61 Å². The molecule has 3 aliphatic rings. The summed E-state index contributed by atoms with van der Waals surface area (Å²) < 4.78 is 7.90. The number of nitrogens with one attached hydrogen (secondary N) is 1. The zero-order chi connectivity index (χ0) is 16.4. The Kier molecular flexibility index (Phi) is 4.43. The highest BCUT2D eigenvalue weighted by Gasteiger charge is 2.42. The second-order valence-corrected chi connectivity index (χ2v) is 7.29. The van der Waals surface area contributed by atoms with Crippen LogP contribution in [0, 0.1) is 5.41 Å². The number of hydrogen-bond donors (Lipinski definition) is 1. The maximum atomic E-state index is 5.64. The molecule has 0 radical (unpaired) electrons. The van der Waals surface area contributed by atoms with E-state index in [1.807, 2.05) is 0 Å². The van der Waals surface area contributed by atoms with E-state index in [0.717, 1.165) is 63.4 Å². The highest BCUT2D eigenvalue weighted by Crippen LogP contribution is 2.38. The van der Waals surface area contributed by atoms with E-state index < -0.39 is 0 Å². The minimum atomic E-state index is 0.351. The van der Waals surface area contributed by atoms with Crippen LogP contribution in [0.4, 0.5) is 0 Å². The molecule has 0 aliphatic carbocycles. The second-order valence-electron chi connectivity index (χ2n) is 7.29. The molecule has 132 valence electrons. The van der Waals surface area contributed by atoms with Gasteiger partial charge < -0.3 is 19.5 Å². The van der Waals surface area contributed by atoms with Crippen LogP contribution in [0.5, 0.6) is 0 Å². The molecule has 3 aliphatic heterocycles. The van der Waals surface area contributed by atoms with Crippen molar-refractivity contribution >= 4 is 5.96 Å². The third-order valence-corrected chi connectivity index (χ3v) is 5.56. The average molecular weight is 332 g/mol. The molecule has 0 aromatic carbocycles. The molecule has 7 nitrogen and oxygen atoms in total. The standard InChI is InChI=1S/C17H28N6O/c1-2-18-16(22-9-6-17(12-22)7-10-24-13-17)19-11-15-21-20-14-5-3-4-8-23(14)15/h2-13H2,1H3,(H,18,19). The van der Waals surface area contributed by atoms with Crippen molar-refractivity contribution in [1.82, 2.24) is 25.0 Å². The van der Waals surface area contributed by atoms with Gasteiger partial charge in [-0.2, -0.15) is 0 Å². The molecule has 7 heteroatoms. The van der Waals surface area contributed by atoms with E-state index in [4.69, 9.17) is 9.73 Å². The third kappa shape index (κ3) is 3.01. The molecular formula is C17H28N6O. The first-order valence-electron chi connectivity index (χ1n) is 9.32. The largest absolute Gasteiger partial charge is 0.381 e. The summed E-state index contributed by atoms with van der Waals surface area (Å²) in [5.41, 5.74) is 0.351. The quantitative estimate of drug-likeness (QED) is 0.665.